The standard InChI is InChI=1S/C15H19N7O3/c1-3-4-9-21(2)14-12(22(24)25)13(17-10-18-14)19-20-15(23)11-5-7-16-8-6-11/h5-8,10H,3-4,9H2,1-2H3,(H,20,23)(H,17,18,19). The molecule has 0 saturated heterocycles. The van der Waals surface area contributed by atoms with Crippen molar-refractivity contribution < 1.29 is 9.72 Å². The maximum absolute atomic E-state index is 12.0. The number of nitrogens with zero attached hydrogens (tertiary/aromatic N) is 5. The second kappa shape index (κ2) is 8.52. The average Bonchev–Trinajstić information content (AvgIpc) is 2.64. The highest BCUT2D eigenvalue weighted by molar-refractivity contribution is 5.94. The summed E-state index contributed by atoms with van der Waals surface area (Å²) < 4.78 is 0. The third-order valence-corrected chi connectivity index (χ3v) is 3.43. The number of nitrogens with one attached hydrogen (secondary N) is 2. The molecule has 10 nitrogen and oxygen atoms in total. The fourth-order valence-corrected chi connectivity index (χ4v) is 2.10. The number of hydrazine groups is 1. The molecule has 0 aromatic carbocycles. The van der Waals surface area contributed by atoms with Gasteiger partial charge in [-0.3, -0.25) is 30.7 Å². The molecule has 0 aliphatic carbocycles. The van der Waals surface area contributed by atoms with Gasteiger partial charge in [-0.25, -0.2) is 9.97 Å². The first-order valence-corrected chi connectivity index (χ1v) is 7.71. The number of rotatable bonds is 8. The third-order valence-electron chi connectivity index (χ3n) is 3.43. The topological polar surface area (TPSA) is 126 Å². The van der Waals surface area contributed by atoms with E-state index in [1.54, 1.807) is 11.9 Å². The molecule has 0 unspecified atom stereocenters. The van der Waals surface area contributed by atoms with Gasteiger partial charge in [0.15, 0.2) is 0 Å². The summed E-state index contributed by atoms with van der Waals surface area (Å²) in [5.41, 5.74) is 4.96. The number of aromatic nitrogens is 3. The van der Waals surface area contributed by atoms with Gasteiger partial charge in [0.25, 0.3) is 5.91 Å². The molecule has 0 radical (unpaired) electrons. The Labute approximate surface area is 144 Å². The number of carbonyl (C=O) groups is 1. The summed E-state index contributed by atoms with van der Waals surface area (Å²) in [4.78, 5) is 36.3. The summed E-state index contributed by atoms with van der Waals surface area (Å²) in [6, 6.07) is 3.05. The van der Waals surface area contributed by atoms with Crippen LogP contribution in [0.15, 0.2) is 30.9 Å². The summed E-state index contributed by atoms with van der Waals surface area (Å²) in [6.07, 6.45) is 5.99. The van der Waals surface area contributed by atoms with Crippen molar-refractivity contribution in [3.63, 3.8) is 0 Å². The van der Waals surface area contributed by atoms with Crippen LogP contribution in [-0.4, -0.2) is 39.4 Å². The maximum Gasteiger partial charge on any atom is 0.355 e. The van der Waals surface area contributed by atoms with Gasteiger partial charge in [0.05, 0.1) is 4.92 Å². The van der Waals surface area contributed by atoms with Gasteiger partial charge in [0, 0.05) is 31.5 Å². The summed E-state index contributed by atoms with van der Waals surface area (Å²) in [6.45, 7) is 2.65. The lowest BCUT2D eigenvalue weighted by Gasteiger charge is -2.18. The fourth-order valence-electron chi connectivity index (χ4n) is 2.10. The number of amides is 1. The van der Waals surface area contributed by atoms with Crippen LogP contribution in [0.2, 0.25) is 0 Å². The normalized spacial score (nSPS) is 10.2. The molecule has 1 amide bonds. The van der Waals surface area contributed by atoms with Crippen LogP contribution in [0.1, 0.15) is 30.1 Å². The SMILES string of the molecule is CCCCN(C)c1ncnc(NNC(=O)c2ccncc2)c1[N+](=O)[O-]. The van der Waals surface area contributed by atoms with E-state index in [0.717, 1.165) is 12.8 Å². The van der Waals surface area contributed by atoms with E-state index >= 15 is 0 Å². The predicted octanol–water partition coefficient (Wildman–Crippen LogP) is 1.77. The van der Waals surface area contributed by atoms with Crippen molar-refractivity contribution in [2.45, 2.75) is 19.8 Å². The molecule has 2 aromatic rings. The molecule has 0 aliphatic rings. The van der Waals surface area contributed by atoms with Gasteiger partial charge in [-0.15, -0.1) is 0 Å². The van der Waals surface area contributed by atoms with E-state index in [2.05, 4.69) is 25.8 Å². The van der Waals surface area contributed by atoms with E-state index in [0.29, 0.717) is 12.1 Å². The first kappa shape index (κ1) is 18.0. The number of anilines is 2. The molecule has 2 aromatic heterocycles. The van der Waals surface area contributed by atoms with E-state index < -0.39 is 10.8 Å². The number of hydrogen-bond donors (Lipinski definition) is 2. The molecule has 0 spiro atoms. The lowest BCUT2D eigenvalue weighted by atomic mass is 10.2. The van der Waals surface area contributed by atoms with Crippen molar-refractivity contribution in [1.82, 2.24) is 20.4 Å². The molecule has 0 atom stereocenters. The molecule has 0 saturated carbocycles. The second-order valence-corrected chi connectivity index (χ2v) is 5.24. The van der Waals surface area contributed by atoms with Gasteiger partial charge >= 0.3 is 5.69 Å². The molecule has 0 fully saturated rings. The highest BCUT2D eigenvalue weighted by Crippen LogP contribution is 2.30. The molecule has 0 bridgehead atoms. The van der Waals surface area contributed by atoms with E-state index in [9.17, 15) is 14.9 Å². The van der Waals surface area contributed by atoms with Gasteiger partial charge < -0.3 is 4.90 Å². The number of nitro groups is 1. The van der Waals surface area contributed by atoms with Gasteiger partial charge in [0.2, 0.25) is 11.6 Å². The molecule has 132 valence electrons. The van der Waals surface area contributed by atoms with Crippen LogP contribution in [0, 0.1) is 10.1 Å². The zero-order chi connectivity index (χ0) is 18.2. The first-order valence-electron chi connectivity index (χ1n) is 7.71. The summed E-state index contributed by atoms with van der Waals surface area (Å²) in [5.74, 6) is -0.355. The van der Waals surface area contributed by atoms with Gasteiger partial charge in [0.1, 0.15) is 6.33 Å². The van der Waals surface area contributed by atoms with Gasteiger partial charge in [-0.2, -0.15) is 0 Å². The lowest BCUT2D eigenvalue weighted by Crippen LogP contribution is -2.31. The Morgan fingerprint density at radius 1 is 1.32 bits per heavy atom. The van der Waals surface area contributed by atoms with Crippen LogP contribution in [-0.2, 0) is 0 Å². The lowest BCUT2D eigenvalue weighted by molar-refractivity contribution is -0.383. The smallest absolute Gasteiger partial charge is 0.354 e. The molecule has 0 aliphatic heterocycles. The minimum Gasteiger partial charge on any atom is -0.354 e. The molecule has 2 rings (SSSR count). The second-order valence-electron chi connectivity index (χ2n) is 5.24. The Morgan fingerprint density at radius 3 is 2.68 bits per heavy atom. The van der Waals surface area contributed by atoms with E-state index in [4.69, 9.17) is 0 Å². The van der Waals surface area contributed by atoms with Crippen molar-refractivity contribution >= 4 is 23.2 Å². The van der Waals surface area contributed by atoms with Crippen LogP contribution in [0.3, 0.4) is 0 Å². The Bertz CT molecular complexity index is 739. The van der Waals surface area contributed by atoms with Gasteiger partial charge in [-0.1, -0.05) is 13.3 Å². The molecular weight excluding hydrogens is 326 g/mol. The summed E-state index contributed by atoms with van der Waals surface area (Å²) in [7, 11) is 1.73. The number of carbonyl (C=O) groups excluding carboxylic acids is 1. The number of unbranched alkanes of at least 4 members (excludes halogenated alkanes) is 1. The Kier molecular flexibility index (Phi) is 6.15. The Balaban J connectivity index is 2.20. The number of hydrogen-bond acceptors (Lipinski definition) is 8. The zero-order valence-corrected chi connectivity index (χ0v) is 14.0. The molecule has 10 heteroatoms. The van der Waals surface area contributed by atoms with E-state index in [1.165, 1.54) is 30.9 Å². The molecular formula is C15H19N7O3. The highest BCUT2D eigenvalue weighted by Gasteiger charge is 2.25. The van der Waals surface area contributed by atoms with Crippen molar-refractivity contribution in [3.8, 4) is 0 Å². The Morgan fingerprint density at radius 2 is 2.04 bits per heavy atom. The largest absolute Gasteiger partial charge is 0.355 e. The van der Waals surface area contributed by atoms with Crippen molar-refractivity contribution in [2.75, 3.05) is 23.9 Å². The van der Waals surface area contributed by atoms with Crippen LogP contribution < -0.4 is 15.8 Å². The summed E-state index contributed by atoms with van der Waals surface area (Å²) >= 11 is 0. The van der Waals surface area contributed by atoms with Crippen molar-refractivity contribution in [2.24, 2.45) is 0 Å². The minimum absolute atomic E-state index is 0.0826. The molecule has 2 N–H and O–H groups in total. The first-order chi connectivity index (χ1) is 12.0. The van der Waals surface area contributed by atoms with Crippen LogP contribution in [0.5, 0.6) is 0 Å². The third kappa shape index (κ3) is 4.59. The van der Waals surface area contributed by atoms with Crippen LogP contribution in [0.25, 0.3) is 0 Å². The zero-order valence-electron chi connectivity index (χ0n) is 14.0. The fraction of sp³-hybridized carbons (Fsp3) is 0.333. The van der Waals surface area contributed by atoms with Crippen molar-refractivity contribution in [1.29, 1.82) is 0 Å². The van der Waals surface area contributed by atoms with E-state index in [-0.39, 0.29) is 17.3 Å². The maximum atomic E-state index is 12.0. The van der Waals surface area contributed by atoms with Crippen molar-refractivity contribution in [3.05, 3.63) is 46.5 Å². The number of pyridine rings is 1. The quantitative estimate of drug-likeness (QED) is 0.547. The minimum atomic E-state index is -0.571. The monoisotopic (exact) mass is 345 g/mol. The summed E-state index contributed by atoms with van der Waals surface area (Å²) in [5, 5.41) is 11.5. The van der Waals surface area contributed by atoms with Crippen LogP contribution >= 0.6 is 0 Å². The van der Waals surface area contributed by atoms with Gasteiger partial charge in [-0.05, 0) is 18.6 Å². The highest BCUT2D eigenvalue weighted by atomic mass is 16.6. The average molecular weight is 345 g/mol. The molecule has 2 heterocycles. The van der Waals surface area contributed by atoms with Crippen LogP contribution in [0.4, 0.5) is 17.3 Å². The molecule has 25 heavy (non-hydrogen) atoms. The Hall–Kier alpha value is -3.30. The van der Waals surface area contributed by atoms with E-state index in [1.807, 2.05) is 6.92 Å². The predicted molar refractivity (Wildman–Crippen MR) is 92.2 cm³/mol.